The highest BCUT2D eigenvalue weighted by atomic mass is 16.3. The summed E-state index contributed by atoms with van der Waals surface area (Å²) >= 11 is 0. The van der Waals surface area contributed by atoms with E-state index in [-0.39, 0.29) is 0 Å². The van der Waals surface area contributed by atoms with E-state index in [1.807, 2.05) is 6.07 Å². The number of hydrogen-bond donors (Lipinski definition) is 0. The second kappa shape index (κ2) is 5.52. The Hall–Kier alpha value is -4.50. The molecule has 9 aromatic rings. The van der Waals surface area contributed by atoms with Crippen molar-refractivity contribution in [1.29, 1.82) is 0 Å². The third-order valence-corrected chi connectivity index (χ3v) is 7.86. The van der Waals surface area contributed by atoms with Gasteiger partial charge in [0.1, 0.15) is 11.2 Å². The minimum atomic E-state index is 0.936. The summed E-state index contributed by atoms with van der Waals surface area (Å²) in [7, 11) is 2.17. The summed E-state index contributed by atoms with van der Waals surface area (Å²) in [6.45, 7) is 0. The van der Waals surface area contributed by atoms with Gasteiger partial charge in [0.15, 0.2) is 0 Å². The Morgan fingerprint density at radius 1 is 0.500 bits per heavy atom. The maximum absolute atomic E-state index is 6.51. The Morgan fingerprint density at radius 2 is 1.18 bits per heavy atom. The first-order valence-electron chi connectivity index (χ1n) is 11.7. The van der Waals surface area contributed by atoms with Gasteiger partial charge in [-0.2, -0.15) is 0 Å². The van der Waals surface area contributed by atoms with Gasteiger partial charge < -0.3 is 13.4 Å². The normalized spacial score (nSPS) is 12.9. The summed E-state index contributed by atoms with van der Waals surface area (Å²) in [5.74, 6) is 0. The second-order valence-corrected chi connectivity index (χ2v) is 9.40. The van der Waals surface area contributed by atoms with E-state index in [1.54, 1.807) is 0 Å². The van der Waals surface area contributed by atoms with Crippen LogP contribution in [-0.4, -0.2) is 8.97 Å². The van der Waals surface area contributed by atoms with Crippen LogP contribution in [0.15, 0.2) is 95.4 Å². The lowest BCUT2D eigenvalue weighted by Crippen LogP contribution is -1.88. The fraction of sp³-hybridized carbons (Fsp3) is 0.0323. The van der Waals surface area contributed by atoms with Gasteiger partial charge in [-0.05, 0) is 41.8 Å². The molecule has 3 nitrogen and oxygen atoms in total. The molecular formula is C31H18N2O. The number of hydrogen-bond acceptors (Lipinski definition) is 1. The topological polar surface area (TPSA) is 22.5 Å². The molecule has 0 spiro atoms. The summed E-state index contributed by atoms with van der Waals surface area (Å²) < 4.78 is 11.3. The molecule has 0 aliphatic carbocycles. The minimum Gasteiger partial charge on any atom is -0.455 e. The van der Waals surface area contributed by atoms with Crippen molar-refractivity contribution in [2.45, 2.75) is 0 Å². The Morgan fingerprint density at radius 3 is 2.12 bits per heavy atom. The van der Waals surface area contributed by atoms with Crippen LogP contribution in [0.1, 0.15) is 0 Å². The van der Waals surface area contributed by atoms with Crippen LogP contribution in [0.25, 0.3) is 81.8 Å². The second-order valence-electron chi connectivity index (χ2n) is 9.40. The zero-order chi connectivity index (χ0) is 22.1. The molecule has 0 aliphatic rings. The van der Waals surface area contributed by atoms with Crippen LogP contribution in [0.4, 0.5) is 0 Å². The molecule has 0 aliphatic heterocycles. The van der Waals surface area contributed by atoms with Crippen LogP contribution in [0.5, 0.6) is 0 Å². The summed E-state index contributed by atoms with van der Waals surface area (Å²) in [6, 6.07) is 32.9. The number of fused-ring (bicyclic) bond motifs is 9. The third kappa shape index (κ3) is 1.74. The lowest BCUT2D eigenvalue weighted by atomic mass is 10.0. The smallest absolute Gasteiger partial charge is 0.145 e. The molecule has 0 bridgehead atoms. The van der Waals surface area contributed by atoms with Crippen LogP contribution < -0.4 is 0 Å². The van der Waals surface area contributed by atoms with Gasteiger partial charge in [-0.15, -0.1) is 0 Å². The first-order chi connectivity index (χ1) is 16.8. The largest absolute Gasteiger partial charge is 0.455 e. The fourth-order valence-electron chi connectivity index (χ4n) is 6.49. The lowest BCUT2D eigenvalue weighted by molar-refractivity contribution is 0.673. The molecule has 4 aromatic heterocycles. The monoisotopic (exact) mass is 434 g/mol. The number of aryl methyl sites for hydroxylation is 1. The average molecular weight is 434 g/mol. The van der Waals surface area contributed by atoms with Crippen LogP contribution in [0.2, 0.25) is 0 Å². The maximum Gasteiger partial charge on any atom is 0.145 e. The zero-order valence-electron chi connectivity index (χ0n) is 18.5. The highest BCUT2D eigenvalue weighted by Gasteiger charge is 2.22. The number of furan rings is 1. The predicted molar refractivity (Wildman–Crippen MR) is 142 cm³/mol. The van der Waals surface area contributed by atoms with E-state index in [0.29, 0.717) is 0 Å². The van der Waals surface area contributed by atoms with Gasteiger partial charge in [0, 0.05) is 44.9 Å². The van der Waals surface area contributed by atoms with E-state index in [1.165, 1.54) is 70.7 Å². The van der Waals surface area contributed by atoms with E-state index >= 15 is 0 Å². The average Bonchev–Trinajstić information content (AvgIpc) is 3.49. The molecule has 0 amide bonds. The van der Waals surface area contributed by atoms with Gasteiger partial charge in [-0.1, -0.05) is 54.6 Å². The molecule has 3 heteroatoms. The number of nitrogens with zero attached hydrogens (tertiary/aromatic N) is 2. The molecule has 5 aromatic carbocycles. The van der Waals surface area contributed by atoms with E-state index in [9.17, 15) is 0 Å². The molecular weight excluding hydrogens is 416 g/mol. The van der Waals surface area contributed by atoms with Crippen LogP contribution >= 0.6 is 0 Å². The highest BCUT2D eigenvalue weighted by Crippen LogP contribution is 2.45. The fourth-order valence-corrected chi connectivity index (χ4v) is 6.49. The number of benzene rings is 5. The van der Waals surface area contributed by atoms with Crippen molar-refractivity contribution in [2.24, 2.45) is 7.05 Å². The van der Waals surface area contributed by atoms with Crippen molar-refractivity contribution < 1.29 is 4.42 Å². The molecule has 0 radical (unpaired) electrons. The highest BCUT2D eigenvalue weighted by molar-refractivity contribution is 6.33. The van der Waals surface area contributed by atoms with Crippen molar-refractivity contribution in [3.05, 3.63) is 91.0 Å². The predicted octanol–water partition coefficient (Wildman–Crippen LogP) is 8.38. The number of para-hydroxylation sites is 2. The van der Waals surface area contributed by atoms with Crippen molar-refractivity contribution in [3.8, 4) is 0 Å². The van der Waals surface area contributed by atoms with Crippen molar-refractivity contribution in [3.63, 3.8) is 0 Å². The molecule has 158 valence electrons. The Kier molecular flexibility index (Phi) is 2.77. The van der Waals surface area contributed by atoms with Crippen molar-refractivity contribution >= 4 is 81.8 Å². The van der Waals surface area contributed by atoms with E-state index in [4.69, 9.17) is 4.42 Å². The molecule has 0 atom stereocenters. The standard InChI is InChI=1S/C31H18N2O/c1-32-22-11-5-8-18-19-9-4-10-21-28-25(16-15-20-17-7-2-3-14-26(17)34-31(20)28)33(30(19)21)24-13-6-12-23(32)29(24)27(18)22/h2-16H,1H3. The van der Waals surface area contributed by atoms with Gasteiger partial charge in [0.05, 0.1) is 27.5 Å². The lowest BCUT2D eigenvalue weighted by Gasteiger charge is -2.03. The molecule has 0 fully saturated rings. The summed E-state index contributed by atoms with van der Waals surface area (Å²) in [5.41, 5.74) is 8.11. The van der Waals surface area contributed by atoms with Crippen LogP contribution in [-0.2, 0) is 7.05 Å². The van der Waals surface area contributed by atoms with Crippen LogP contribution in [0, 0.1) is 0 Å². The van der Waals surface area contributed by atoms with Gasteiger partial charge >= 0.3 is 0 Å². The van der Waals surface area contributed by atoms with E-state index < -0.39 is 0 Å². The molecule has 0 saturated heterocycles. The first kappa shape index (κ1) is 17.0. The van der Waals surface area contributed by atoms with Gasteiger partial charge in [-0.25, -0.2) is 0 Å². The zero-order valence-corrected chi connectivity index (χ0v) is 18.5. The Bertz CT molecular complexity index is 2290. The maximum atomic E-state index is 6.51. The third-order valence-electron chi connectivity index (χ3n) is 7.86. The van der Waals surface area contributed by atoms with Gasteiger partial charge in [-0.3, -0.25) is 0 Å². The quantitative estimate of drug-likeness (QED) is 0.235. The number of rotatable bonds is 0. The van der Waals surface area contributed by atoms with Crippen molar-refractivity contribution in [1.82, 2.24) is 8.97 Å². The Labute approximate surface area is 193 Å². The summed E-state index contributed by atoms with van der Waals surface area (Å²) in [4.78, 5) is 0. The number of aromatic nitrogens is 2. The summed E-state index contributed by atoms with van der Waals surface area (Å²) in [6.07, 6.45) is 0. The van der Waals surface area contributed by atoms with E-state index in [2.05, 4.69) is 101 Å². The SMILES string of the molecule is Cn1c2cccc3c4cccc5c6c7oc8ccccc8c7ccc6n(c6cccc1c6c32)c45. The van der Waals surface area contributed by atoms with Gasteiger partial charge in [0.2, 0.25) is 0 Å². The van der Waals surface area contributed by atoms with Crippen LogP contribution in [0.3, 0.4) is 0 Å². The Balaban J connectivity index is 1.71. The van der Waals surface area contributed by atoms with Crippen molar-refractivity contribution in [2.75, 3.05) is 0 Å². The summed E-state index contributed by atoms with van der Waals surface area (Å²) in [5, 5.41) is 9.98. The molecule has 4 heterocycles. The minimum absolute atomic E-state index is 0.936. The van der Waals surface area contributed by atoms with Gasteiger partial charge in [0.25, 0.3) is 0 Å². The molecule has 0 N–H and O–H groups in total. The molecule has 0 saturated carbocycles. The van der Waals surface area contributed by atoms with E-state index in [0.717, 1.165) is 11.2 Å². The molecule has 9 rings (SSSR count). The molecule has 34 heavy (non-hydrogen) atoms. The molecule has 0 unspecified atom stereocenters. The first-order valence-corrected chi connectivity index (χ1v) is 11.7.